The molecule has 1 aromatic carbocycles. The maximum Gasteiger partial charge on any atom is 0.301 e. The molecule has 10 heteroatoms. The number of nitro benzene ring substituents is 2. The molecule has 1 amide bonds. The minimum atomic E-state index is -0.756. The van der Waals surface area contributed by atoms with E-state index in [1.807, 2.05) is 0 Å². The normalized spacial score (nSPS) is 16.4. The molecular formula is C9H6N4O5S. The molecule has 0 radical (unpaired) electrons. The summed E-state index contributed by atoms with van der Waals surface area (Å²) < 4.78 is 0. The quantitative estimate of drug-likeness (QED) is 0.658. The van der Waals surface area contributed by atoms with E-state index >= 15 is 0 Å². The lowest BCUT2D eigenvalue weighted by Crippen LogP contribution is -2.19. The fraction of sp³-hybridized carbons (Fsp3) is 0.111. The van der Waals surface area contributed by atoms with Crippen molar-refractivity contribution in [2.24, 2.45) is 4.99 Å². The van der Waals surface area contributed by atoms with E-state index in [-0.39, 0.29) is 22.5 Å². The molecule has 1 saturated heterocycles. The number of hydrogen-bond acceptors (Lipinski definition) is 7. The minimum Gasteiger partial charge on any atom is -0.304 e. The van der Waals surface area contributed by atoms with Crippen LogP contribution >= 0.6 is 11.8 Å². The van der Waals surface area contributed by atoms with Gasteiger partial charge in [-0.1, -0.05) is 11.8 Å². The summed E-state index contributed by atoms with van der Waals surface area (Å²) in [6.45, 7) is 0. The van der Waals surface area contributed by atoms with Crippen molar-refractivity contribution in [1.82, 2.24) is 5.32 Å². The average molecular weight is 282 g/mol. The second-order valence-electron chi connectivity index (χ2n) is 3.44. The summed E-state index contributed by atoms with van der Waals surface area (Å²) in [7, 11) is 0. The molecule has 9 nitrogen and oxygen atoms in total. The summed E-state index contributed by atoms with van der Waals surface area (Å²) in [5.41, 5.74) is -0.914. The molecule has 1 fully saturated rings. The molecule has 1 N–H and O–H groups in total. The second-order valence-corrected chi connectivity index (χ2v) is 4.41. The highest BCUT2D eigenvalue weighted by molar-refractivity contribution is 8.15. The third-order valence-electron chi connectivity index (χ3n) is 2.17. The van der Waals surface area contributed by atoms with E-state index in [2.05, 4.69) is 10.3 Å². The summed E-state index contributed by atoms with van der Waals surface area (Å²) >= 11 is 1.11. The zero-order valence-corrected chi connectivity index (χ0v) is 10.0. The van der Waals surface area contributed by atoms with Gasteiger partial charge in [0.05, 0.1) is 21.7 Å². The van der Waals surface area contributed by atoms with Crippen LogP contribution in [0.4, 0.5) is 17.1 Å². The Morgan fingerprint density at radius 1 is 1.26 bits per heavy atom. The topological polar surface area (TPSA) is 128 Å². The predicted molar refractivity (Wildman–Crippen MR) is 67.4 cm³/mol. The van der Waals surface area contributed by atoms with Crippen LogP contribution in [0.5, 0.6) is 0 Å². The van der Waals surface area contributed by atoms with Crippen LogP contribution in [-0.2, 0) is 4.79 Å². The predicted octanol–water partition coefficient (Wildman–Crippen LogP) is 1.35. The summed E-state index contributed by atoms with van der Waals surface area (Å²) in [5, 5.41) is 24.1. The van der Waals surface area contributed by atoms with E-state index in [4.69, 9.17) is 0 Å². The number of nitrogens with zero attached hydrogens (tertiary/aromatic N) is 3. The number of non-ortho nitro benzene ring substituents is 1. The molecule has 0 bridgehead atoms. The van der Waals surface area contributed by atoms with Gasteiger partial charge in [-0.25, -0.2) is 4.99 Å². The molecule has 0 unspecified atom stereocenters. The first-order valence-electron chi connectivity index (χ1n) is 4.91. The molecule has 19 heavy (non-hydrogen) atoms. The second kappa shape index (κ2) is 5.02. The van der Waals surface area contributed by atoms with Crippen molar-refractivity contribution in [2.45, 2.75) is 0 Å². The number of nitrogens with one attached hydrogen (secondary N) is 1. The molecule has 98 valence electrons. The number of aliphatic imine (C=N–C) groups is 1. The highest BCUT2D eigenvalue weighted by Crippen LogP contribution is 2.32. The van der Waals surface area contributed by atoms with Crippen molar-refractivity contribution < 1.29 is 14.6 Å². The van der Waals surface area contributed by atoms with Crippen LogP contribution in [0.2, 0.25) is 0 Å². The van der Waals surface area contributed by atoms with E-state index in [9.17, 15) is 25.0 Å². The Kier molecular flexibility index (Phi) is 3.42. The lowest BCUT2D eigenvalue weighted by molar-refractivity contribution is -0.393. The number of thioether (sulfide) groups is 1. The Labute approximate surface area is 110 Å². The van der Waals surface area contributed by atoms with E-state index in [0.29, 0.717) is 0 Å². The molecule has 1 heterocycles. The molecule has 0 atom stereocenters. The van der Waals surface area contributed by atoms with Gasteiger partial charge in [0, 0.05) is 6.07 Å². The third kappa shape index (κ3) is 2.85. The van der Waals surface area contributed by atoms with Gasteiger partial charge in [0.2, 0.25) is 5.91 Å². The van der Waals surface area contributed by atoms with Crippen molar-refractivity contribution in [3.05, 3.63) is 38.4 Å². The van der Waals surface area contributed by atoms with Crippen molar-refractivity contribution in [3.63, 3.8) is 0 Å². The van der Waals surface area contributed by atoms with Gasteiger partial charge < -0.3 is 5.32 Å². The Bertz CT molecular complexity index is 615. The van der Waals surface area contributed by atoms with Crippen LogP contribution in [0.3, 0.4) is 0 Å². The molecule has 0 aromatic heterocycles. The summed E-state index contributed by atoms with van der Waals surface area (Å²) in [6, 6.07) is 3.13. The first kappa shape index (κ1) is 13.0. The van der Waals surface area contributed by atoms with Gasteiger partial charge in [0.15, 0.2) is 5.17 Å². The maximum absolute atomic E-state index is 11.0. The van der Waals surface area contributed by atoms with Crippen LogP contribution in [0, 0.1) is 20.2 Å². The maximum atomic E-state index is 11.0. The van der Waals surface area contributed by atoms with Crippen LogP contribution < -0.4 is 5.32 Å². The minimum absolute atomic E-state index is 0.0414. The van der Waals surface area contributed by atoms with Crippen LogP contribution in [0.1, 0.15) is 0 Å². The molecule has 0 aliphatic carbocycles. The lowest BCUT2D eigenvalue weighted by atomic mass is 10.2. The Morgan fingerprint density at radius 3 is 2.53 bits per heavy atom. The fourth-order valence-corrected chi connectivity index (χ4v) is 2.05. The molecule has 1 aromatic rings. The van der Waals surface area contributed by atoms with E-state index in [0.717, 1.165) is 23.9 Å². The average Bonchev–Trinajstić information content (AvgIpc) is 2.74. The first-order valence-corrected chi connectivity index (χ1v) is 5.90. The zero-order chi connectivity index (χ0) is 14.0. The van der Waals surface area contributed by atoms with E-state index < -0.39 is 21.2 Å². The SMILES string of the molecule is O=C1CSC(=Nc2ccc([N+](=O)[O-])cc2[N+](=O)[O-])N1. The summed E-state index contributed by atoms with van der Waals surface area (Å²) in [4.78, 5) is 34.8. The van der Waals surface area contributed by atoms with Crippen molar-refractivity contribution in [2.75, 3.05) is 5.75 Å². The van der Waals surface area contributed by atoms with Gasteiger partial charge in [0.25, 0.3) is 5.69 Å². The van der Waals surface area contributed by atoms with Gasteiger partial charge in [-0.05, 0) is 6.07 Å². The van der Waals surface area contributed by atoms with Gasteiger partial charge in [-0.3, -0.25) is 25.0 Å². The third-order valence-corrected chi connectivity index (χ3v) is 3.05. The van der Waals surface area contributed by atoms with Crippen LogP contribution in [0.25, 0.3) is 0 Å². The first-order chi connectivity index (χ1) is 8.97. The van der Waals surface area contributed by atoms with Gasteiger partial charge >= 0.3 is 5.69 Å². The van der Waals surface area contributed by atoms with Gasteiger partial charge in [0.1, 0.15) is 5.69 Å². The number of carbonyl (C=O) groups excluding carboxylic acids is 1. The monoisotopic (exact) mass is 282 g/mol. The summed E-state index contributed by atoms with van der Waals surface area (Å²) in [6.07, 6.45) is 0. The smallest absolute Gasteiger partial charge is 0.301 e. The number of nitro groups is 2. The molecule has 0 spiro atoms. The highest BCUT2D eigenvalue weighted by atomic mass is 32.2. The van der Waals surface area contributed by atoms with Crippen molar-refractivity contribution in [3.8, 4) is 0 Å². The van der Waals surface area contributed by atoms with Crippen LogP contribution in [0.15, 0.2) is 23.2 Å². The molecule has 1 aliphatic rings. The van der Waals surface area contributed by atoms with E-state index in [1.54, 1.807) is 0 Å². The largest absolute Gasteiger partial charge is 0.304 e. The fourth-order valence-electron chi connectivity index (χ4n) is 1.36. The molecule has 2 rings (SSSR count). The van der Waals surface area contributed by atoms with Crippen LogP contribution in [-0.4, -0.2) is 26.7 Å². The number of hydrogen-bond donors (Lipinski definition) is 1. The number of amidine groups is 1. The number of benzene rings is 1. The molecular weight excluding hydrogens is 276 g/mol. The highest BCUT2D eigenvalue weighted by Gasteiger charge is 2.22. The lowest BCUT2D eigenvalue weighted by Gasteiger charge is -1.99. The van der Waals surface area contributed by atoms with Crippen molar-refractivity contribution in [1.29, 1.82) is 0 Å². The number of carbonyl (C=O) groups is 1. The van der Waals surface area contributed by atoms with Gasteiger partial charge in [-0.15, -0.1) is 0 Å². The molecule has 1 aliphatic heterocycles. The summed E-state index contributed by atoms with van der Waals surface area (Å²) in [5.74, 6) is -0.0482. The zero-order valence-electron chi connectivity index (χ0n) is 9.23. The van der Waals surface area contributed by atoms with Gasteiger partial charge in [-0.2, -0.15) is 0 Å². The molecule has 0 saturated carbocycles. The Hall–Kier alpha value is -2.49. The number of amides is 1. The van der Waals surface area contributed by atoms with E-state index in [1.165, 1.54) is 6.07 Å². The Morgan fingerprint density at radius 2 is 2.00 bits per heavy atom. The standard InChI is InChI=1S/C9H6N4O5S/c14-8-4-19-9(11-8)10-6-2-1-5(12(15)16)3-7(6)13(17)18/h1-3H,4H2,(H,10,11,14). The van der Waals surface area contributed by atoms with Crippen molar-refractivity contribution >= 4 is 39.9 Å². The number of rotatable bonds is 3. The Balaban J connectivity index is 2.43.